The van der Waals surface area contributed by atoms with Gasteiger partial charge < -0.3 is 19.5 Å². The molecular weight excluding hydrogens is 318 g/mol. The molecule has 5 nitrogen and oxygen atoms in total. The molecule has 0 aromatic heterocycles. The quantitative estimate of drug-likeness (QED) is 0.890. The third-order valence-corrected chi connectivity index (χ3v) is 6.43. The van der Waals surface area contributed by atoms with Crippen molar-refractivity contribution >= 4 is 5.91 Å². The number of methoxy groups -OCH3 is 2. The molecule has 25 heavy (non-hydrogen) atoms. The van der Waals surface area contributed by atoms with Gasteiger partial charge in [-0.15, -0.1) is 0 Å². The number of piperidine rings is 1. The fourth-order valence-electron chi connectivity index (χ4n) is 4.47. The fraction of sp³-hybridized carbons (Fsp3) is 0.650. The second kappa shape index (κ2) is 6.87. The van der Waals surface area contributed by atoms with Gasteiger partial charge in [0.15, 0.2) is 0 Å². The van der Waals surface area contributed by atoms with E-state index in [0.717, 1.165) is 50.8 Å². The van der Waals surface area contributed by atoms with Crippen molar-refractivity contribution in [1.29, 1.82) is 0 Å². The molecule has 1 unspecified atom stereocenters. The molecule has 1 aliphatic carbocycles. The SMILES string of the molecule is CCC1(O)CCC12CCN(C(=O)Cc1cc(OC)cc(OC)c1)CC2. The van der Waals surface area contributed by atoms with Crippen LogP contribution in [0.2, 0.25) is 0 Å². The molecular formula is C20H29NO4. The molecule has 1 aromatic carbocycles. The Hall–Kier alpha value is -1.75. The largest absolute Gasteiger partial charge is 0.497 e. The van der Waals surface area contributed by atoms with Gasteiger partial charge in [0.1, 0.15) is 11.5 Å². The first-order chi connectivity index (χ1) is 11.9. The highest BCUT2D eigenvalue weighted by molar-refractivity contribution is 5.79. The van der Waals surface area contributed by atoms with Crippen molar-refractivity contribution in [1.82, 2.24) is 4.90 Å². The number of ether oxygens (including phenoxy) is 2. The lowest BCUT2D eigenvalue weighted by Gasteiger charge is -2.59. The van der Waals surface area contributed by atoms with E-state index >= 15 is 0 Å². The first kappa shape index (κ1) is 18.1. The second-order valence-electron chi connectivity index (χ2n) is 7.44. The number of aliphatic hydroxyl groups is 1. The van der Waals surface area contributed by atoms with Crippen LogP contribution in [0.25, 0.3) is 0 Å². The summed E-state index contributed by atoms with van der Waals surface area (Å²) in [6.45, 7) is 3.54. The van der Waals surface area contributed by atoms with Gasteiger partial charge in [-0.05, 0) is 49.8 Å². The molecule has 1 amide bonds. The number of benzene rings is 1. The average molecular weight is 347 g/mol. The molecule has 1 heterocycles. The number of amides is 1. The van der Waals surface area contributed by atoms with E-state index in [2.05, 4.69) is 6.92 Å². The Balaban J connectivity index is 1.62. The van der Waals surface area contributed by atoms with Gasteiger partial charge in [-0.25, -0.2) is 0 Å². The van der Waals surface area contributed by atoms with E-state index < -0.39 is 5.60 Å². The highest BCUT2D eigenvalue weighted by atomic mass is 16.5. The minimum absolute atomic E-state index is 0.0394. The Kier molecular flexibility index (Phi) is 4.96. The number of nitrogens with zero attached hydrogens (tertiary/aromatic N) is 1. The van der Waals surface area contributed by atoms with Crippen LogP contribution in [0.4, 0.5) is 0 Å². The topological polar surface area (TPSA) is 59.0 Å². The van der Waals surface area contributed by atoms with Crippen LogP contribution in [0.5, 0.6) is 11.5 Å². The van der Waals surface area contributed by atoms with E-state index in [1.54, 1.807) is 20.3 Å². The predicted octanol–water partition coefficient (Wildman–Crippen LogP) is 2.79. The molecule has 1 N–H and O–H groups in total. The molecule has 1 saturated heterocycles. The predicted molar refractivity (Wildman–Crippen MR) is 96.0 cm³/mol. The van der Waals surface area contributed by atoms with Gasteiger partial charge in [-0.3, -0.25) is 4.79 Å². The van der Waals surface area contributed by atoms with Crippen molar-refractivity contribution in [2.75, 3.05) is 27.3 Å². The normalized spacial score (nSPS) is 24.7. The van der Waals surface area contributed by atoms with E-state index in [9.17, 15) is 9.90 Å². The van der Waals surface area contributed by atoms with Gasteiger partial charge in [0, 0.05) is 24.6 Å². The van der Waals surface area contributed by atoms with E-state index in [-0.39, 0.29) is 11.3 Å². The third-order valence-electron chi connectivity index (χ3n) is 6.43. The average Bonchev–Trinajstić information content (AvgIpc) is 2.65. The Morgan fingerprint density at radius 1 is 1.08 bits per heavy atom. The number of carbonyl (C=O) groups excluding carboxylic acids is 1. The Morgan fingerprint density at radius 3 is 2.12 bits per heavy atom. The van der Waals surface area contributed by atoms with Crippen LogP contribution >= 0.6 is 0 Å². The lowest BCUT2D eigenvalue weighted by molar-refractivity contribution is -0.192. The Labute approximate surface area is 149 Å². The van der Waals surface area contributed by atoms with Crippen LogP contribution in [0.3, 0.4) is 0 Å². The molecule has 1 aromatic rings. The van der Waals surface area contributed by atoms with Crippen molar-refractivity contribution in [2.45, 2.75) is 51.0 Å². The lowest BCUT2D eigenvalue weighted by Crippen LogP contribution is -2.61. The molecule has 0 bridgehead atoms. The monoisotopic (exact) mass is 347 g/mol. The Bertz CT molecular complexity index is 610. The van der Waals surface area contributed by atoms with Crippen LogP contribution in [-0.4, -0.2) is 48.8 Å². The molecule has 2 aliphatic rings. The highest BCUT2D eigenvalue weighted by Gasteiger charge is 2.57. The molecule has 1 saturated carbocycles. The molecule has 3 rings (SSSR count). The van der Waals surface area contributed by atoms with Crippen LogP contribution in [0.1, 0.15) is 44.6 Å². The minimum atomic E-state index is -0.512. The van der Waals surface area contributed by atoms with Crippen LogP contribution in [0.15, 0.2) is 18.2 Å². The maximum absolute atomic E-state index is 12.7. The molecule has 138 valence electrons. The van der Waals surface area contributed by atoms with Gasteiger partial charge in [0.05, 0.1) is 26.2 Å². The highest BCUT2D eigenvalue weighted by Crippen LogP contribution is 2.57. The zero-order valence-electron chi connectivity index (χ0n) is 15.5. The zero-order chi connectivity index (χ0) is 18.1. The molecule has 1 spiro atoms. The Morgan fingerprint density at radius 2 is 1.68 bits per heavy atom. The van der Waals surface area contributed by atoms with E-state index in [1.807, 2.05) is 17.0 Å². The van der Waals surface area contributed by atoms with Crippen LogP contribution < -0.4 is 9.47 Å². The number of hydrogen-bond donors (Lipinski definition) is 1. The van der Waals surface area contributed by atoms with Crippen LogP contribution in [0, 0.1) is 5.41 Å². The summed E-state index contributed by atoms with van der Waals surface area (Å²) >= 11 is 0. The van der Waals surface area contributed by atoms with Gasteiger partial charge in [0.2, 0.25) is 5.91 Å². The minimum Gasteiger partial charge on any atom is -0.497 e. The standard InChI is InChI=1S/C20H29NO4/c1-4-20(23)6-5-19(20)7-9-21(10-8-19)18(22)13-15-11-16(24-2)14-17(12-15)25-3/h11-12,14,23H,4-10,13H2,1-3H3. The number of hydrogen-bond acceptors (Lipinski definition) is 4. The van der Waals surface area contributed by atoms with Crippen molar-refractivity contribution in [3.8, 4) is 11.5 Å². The first-order valence-corrected chi connectivity index (χ1v) is 9.17. The van der Waals surface area contributed by atoms with Crippen molar-refractivity contribution < 1.29 is 19.4 Å². The van der Waals surface area contributed by atoms with E-state index in [0.29, 0.717) is 17.9 Å². The maximum atomic E-state index is 12.7. The van der Waals surface area contributed by atoms with Gasteiger partial charge in [0.25, 0.3) is 0 Å². The summed E-state index contributed by atoms with van der Waals surface area (Å²) in [7, 11) is 3.22. The summed E-state index contributed by atoms with van der Waals surface area (Å²) < 4.78 is 10.6. The fourth-order valence-corrected chi connectivity index (χ4v) is 4.47. The summed E-state index contributed by atoms with van der Waals surface area (Å²) in [6, 6.07) is 5.57. The van der Waals surface area contributed by atoms with E-state index in [1.165, 1.54) is 0 Å². The van der Waals surface area contributed by atoms with Gasteiger partial charge in [-0.1, -0.05) is 6.92 Å². The summed E-state index contributed by atoms with van der Waals surface area (Å²) in [5, 5.41) is 10.7. The zero-order valence-corrected chi connectivity index (χ0v) is 15.5. The van der Waals surface area contributed by atoms with Gasteiger partial charge in [-0.2, -0.15) is 0 Å². The molecule has 5 heteroatoms. The number of likely N-dealkylation sites (tertiary alicyclic amines) is 1. The van der Waals surface area contributed by atoms with Crippen LogP contribution in [-0.2, 0) is 11.2 Å². The summed E-state index contributed by atoms with van der Waals surface area (Å²) in [6.07, 6.45) is 4.96. The van der Waals surface area contributed by atoms with Crippen molar-refractivity contribution in [3.05, 3.63) is 23.8 Å². The first-order valence-electron chi connectivity index (χ1n) is 9.17. The second-order valence-corrected chi connectivity index (χ2v) is 7.44. The van der Waals surface area contributed by atoms with Crippen molar-refractivity contribution in [2.24, 2.45) is 5.41 Å². The van der Waals surface area contributed by atoms with E-state index in [4.69, 9.17) is 9.47 Å². The number of rotatable bonds is 5. The number of carbonyl (C=O) groups is 1. The molecule has 1 atom stereocenters. The lowest BCUT2D eigenvalue weighted by atomic mass is 9.51. The maximum Gasteiger partial charge on any atom is 0.226 e. The molecule has 1 aliphatic heterocycles. The van der Waals surface area contributed by atoms with Gasteiger partial charge >= 0.3 is 0 Å². The summed E-state index contributed by atoms with van der Waals surface area (Å²) in [4.78, 5) is 14.6. The molecule has 2 fully saturated rings. The van der Waals surface area contributed by atoms with Crippen molar-refractivity contribution in [3.63, 3.8) is 0 Å². The third kappa shape index (κ3) is 3.22. The summed E-state index contributed by atoms with van der Waals surface area (Å²) in [5.41, 5.74) is 0.426. The summed E-state index contributed by atoms with van der Waals surface area (Å²) in [5.74, 6) is 1.52. The smallest absolute Gasteiger partial charge is 0.226 e. The molecule has 0 radical (unpaired) electrons.